The Balaban J connectivity index is 1.89. The molecule has 5 nitrogen and oxygen atoms in total. The Morgan fingerprint density at radius 2 is 1.83 bits per heavy atom. The Morgan fingerprint density at radius 3 is 2.43 bits per heavy atom. The number of methoxy groups -OCH3 is 1. The van der Waals surface area contributed by atoms with Crippen molar-refractivity contribution < 1.29 is 14.3 Å². The minimum Gasteiger partial charge on any atom is -0.496 e. The van der Waals surface area contributed by atoms with Crippen LogP contribution < -0.4 is 15.6 Å². The molecule has 0 aliphatic carbocycles. The minimum absolute atomic E-state index is 0.143. The average Bonchev–Trinajstić information content (AvgIpc) is 2.54. The lowest BCUT2D eigenvalue weighted by molar-refractivity contribution is -0.121. The number of carbonyl (C=O) groups excluding carboxylic acids is 2. The van der Waals surface area contributed by atoms with E-state index in [0.29, 0.717) is 20.8 Å². The number of carbonyl (C=O) groups is 2. The zero-order chi connectivity index (χ0) is 16.8. The first kappa shape index (κ1) is 17.3. The number of halogens is 2. The summed E-state index contributed by atoms with van der Waals surface area (Å²) in [6, 6.07) is 11.8. The van der Waals surface area contributed by atoms with Crippen molar-refractivity contribution in [2.75, 3.05) is 7.11 Å². The third kappa shape index (κ3) is 4.97. The number of hydrogen-bond donors (Lipinski definition) is 2. The molecule has 0 aromatic heterocycles. The second kappa shape index (κ2) is 7.99. The highest BCUT2D eigenvalue weighted by molar-refractivity contribution is 9.10. The van der Waals surface area contributed by atoms with Crippen molar-refractivity contribution in [2.24, 2.45) is 0 Å². The van der Waals surface area contributed by atoms with Crippen LogP contribution in [0.25, 0.3) is 0 Å². The van der Waals surface area contributed by atoms with E-state index in [0.717, 1.165) is 5.56 Å². The van der Waals surface area contributed by atoms with E-state index in [9.17, 15) is 9.59 Å². The molecule has 2 aromatic carbocycles. The quantitative estimate of drug-likeness (QED) is 0.779. The van der Waals surface area contributed by atoms with Crippen molar-refractivity contribution in [3.05, 3.63) is 63.1 Å². The van der Waals surface area contributed by atoms with E-state index < -0.39 is 5.91 Å². The van der Waals surface area contributed by atoms with E-state index in [1.54, 1.807) is 42.5 Å². The number of hydrazine groups is 1. The molecule has 0 radical (unpaired) electrons. The largest absolute Gasteiger partial charge is 0.496 e. The Hall–Kier alpha value is -2.05. The van der Waals surface area contributed by atoms with Gasteiger partial charge in [-0.1, -0.05) is 23.7 Å². The number of ether oxygens (including phenoxy) is 1. The van der Waals surface area contributed by atoms with Gasteiger partial charge in [-0.15, -0.1) is 0 Å². The molecule has 2 aromatic rings. The van der Waals surface area contributed by atoms with E-state index in [4.69, 9.17) is 16.3 Å². The average molecular weight is 398 g/mol. The fourth-order valence-electron chi connectivity index (χ4n) is 1.84. The predicted molar refractivity (Wildman–Crippen MR) is 91.5 cm³/mol. The summed E-state index contributed by atoms with van der Waals surface area (Å²) in [5.74, 6) is -0.126. The highest BCUT2D eigenvalue weighted by atomic mass is 79.9. The van der Waals surface area contributed by atoms with Crippen molar-refractivity contribution in [1.29, 1.82) is 0 Å². The molecular formula is C16H14BrClN2O3. The number of amides is 2. The van der Waals surface area contributed by atoms with Crippen LogP contribution in [0.15, 0.2) is 46.9 Å². The molecule has 23 heavy (non-hydrogen) atoms. The molecule has 0 saturated heterocycles. The van der Waals surface area contributed by atoms with E-state index in [-0.39, 0.29) is 12.3 Å². The predicted octanol–water partition coefficient (Wildman–Crippen LogP) is 3.11. The number of nitrogens with one attached hydrogen (secondary N) is 2. The summed E-state index contributed by atoms with van der Waals surface area (Å²) in [6.07, 6.45) is 0.143. The zero-order valence-corrected chi connectivity index (χ0v) is 14.6. The first-order valence-electron chi connectivity index (χ1n) is 6.67. The highest BCUT2D eigenvalue weighted by Gasteiger charge is 2.10. The highest BCUT2D eigenvalue weighted by Crippen LogP contribution is 2.25. The lowest BCUT2D eigenvalue weighted by Crippen LogP contribution is -2.42. The van der Waals surface area contributed by atoms with Gasteiger partial charge in [0.25, 0.3) is 5.91 Å². The first-order valence-corrected chi connectivity index (χ1v) is 7.84. The zero-order valence-electron chi connectivity index (χ0n) is 12.2. The van der Waals surface area contributed by atoms with E-state index in [1.807, 2.05) is 0 Å². The van der Waals surface area contributed by atoms with Crippen LogP contribution in [0, 0.1) is 0 Å². The van der Waals surface area contributed by atoms with Crippen LogP contribution in [0.4, 0.5) is 0 Å². The summed E-state index contributed by atoms with van der Waals surface area (Å²) in [7, 11) is 1.54. The Labute approximate surface area is 147 Å². The van der Waals surface area contributed by atoms with Crippen LogP contribution in [0.1, 0.15) is 15.9 Å². The van der Waals surface area contributed by atoms with E-state index in [1.165, 1.54) is 7.11 Å². The minimum atomic E-state index is -0.419. The molecular weight excluding hydrogens is 384 g/mol. The summed E-state index contributed by atoms with van der Waals surface area (Å²) < 4.78 is 5.75. The molecule has 0 aliphatic rings. The van der Waals surface area contributed by atoms with Gasteiger partial charge >= 0.3 is 0 Å². The smallest absolute Gasteiger partial charge is 0.269 e. The lowest BCUT2D eigenvalue weighted by Gasteiger charge is -2.09. The Morgan fingerprint density at radius 1 is 1.13 bits per heavy atom. The number of hydrogen-bond acceptors (Lipinski definition) is 3. The molecule has 120 valence electrons. The summed E-state index contributed by atoms with van der Waals surface area (Å²) in [5.41, 5.74) is 5.94. The van der Waals surface area contributed by atoms with Crippen LogP contribution in [-0.2, 0) is 11.2 Å². The molecule has 0 saturated carbocycles. The first-order chi connectivity index (χ1) is 11.0. The molecule has 0 bridgehead atoms. The normalized spacial score (nSPS) is 10.0. The maximum atomic E-state index is 12.0. The summed E-state index contributed by atoms with van der Waals surface area (Å²) in [5, 5.41) is 0.604. The lowest BCUT2D eigenvalue weighted by atomic mass is 10.1. The number of rotatable bonds is 4. The molecule has 0 spiro atoms. The summed E-state index contributed by atoms with van der Waals surface area (Å²) in [6.45, 7) is 0. The van der Waals surface area contributed by atoms with Gasteiger partial charge in [-0.3, -0.25) is 20.4 Å². The molecule has 2 N–H and O–H groups in total. The van der Waals surface area contributed by atoms with Crippen molar-refractivity contribution in [1.82, 2.24) is 10.9 Å². The van der Waals surface area contributed by atoms with Crippen molar-refractivity contribution in [3.8, 4) is 5.75 Å². The Bertz CT molecular complexity index is 720. The maximum Gasteiger partial charge on any atom is 0.269 e. The van der Waals surface area contributed by atoms with Crippen LogP contribution in [0.5, 0.6) is 5.75 Å². The fourth-order valence-corrected chi connectivity index (χ4v) is 2.50. The third-order valence-electron chi connectivity index (χ3n) is 3.01. The molecule has 0 heterocycles. The molecule has 0 aliphatic heterocycles. The maximum absolute atomic E-state index is 12.0. The van der Waals surface area contributed by atoms with Gasteiger partial charge in [-0.25, -0.2) is 0 Å². The van der Waals surface area contributed by atoms with Gasteiger partial charge in [0, 0.05) is 10.6 Å². The molecule has 2 rings (SSSR count). The second-order valence-electron chi connectivity index (χ2n) is 4.65. The van der Waals surface area contributed by atoms with Gasteiger partial charge in [0.05, 0.1) is 18.0 Å². The second-order valence-corrected chi connectivity index (χ2v) is 5.95. The standard InChI is InChI=1S/C16H14BrClN2O3/c1-23-14-7-4-11(9-13(14)17)16(22)20-19-15(21)8-10-2-5-12(18)6-3-10/h2-7,9H,8H2,1H3,(H,19,21)(H,20,22). The van der Waals surface area contributed by atoms with Crippen molar-refractivity contribution in [2.45, 2.75) is 6.42 Å². The number of benzene rings is 2. The van der Waals surface area contributed by atoms with Crippen LogP contribution in [-0.4, -0.2) is 18.9 Å². The Kier molecular flexibility index (Phi) is 6.01. The SMILES string of the molecule is COc1ccc(C(=O)NNC(=O)Cc2ccc(Cl)cc2)cc1Br. The third-order valence-corrected chi connectivity index (χ3v) is 3.88. The van der Waals surface area contributed by atoms with Gasteiger partial charge in [-0.2, -0.15) is 0 Å². The molecule has 2 amide bonds. The van der Waals surface area contributed by atoms with Gasteiger partial charge in [0.15, 0.2) is 0 Å². The van der Waals surface area contributed by atoms with Gasteiger partial charge in [0.1, 0.15) is 5.75 Å². The van der Waals surface area contributed by atoms with Crippen molar-refractivity contribution >= 4 is 39.3 Å². The van der Waals surface area contributed by atoms with E-state index in [2.05, 4.69) is 26.8 Å². The van der Waals surface area contributed by atoms with Crippen LogP contribution in [0.2, 0.25) is 5.02 Å². The summed E-state index contributed by atoms with van der Waals surface area (Å²) in [4.78, 5) is 23.8. The fraction of sp³-hybridized carbons (Fsp3) is 0.125. The molecule has 0 atom stereocenters. The van der Waals surface area contributed by atoms with Gasteiger partial charge in [-0.05, 0) is 51.8 Å². The molecule has 7 heteroatoms. The molecule has 0 fully saturated rings. The van der Waals surface area contributed by atoms with E-state index >= 15 is 0 Å². The molecule has 0 unspecified atom stereocenters. The van der Waals surface area contributed by atoms with Crippen LogP contribution in [0.3, 0.4) is 0 Å². The summed E-state index contributed by atoms with van der Waals surface area (Å²) >= 11 is 9.09. The topological polar surface area (TPSA) is 67.4 Å². The van der Waals surface area contributed by atoms with Crippen LogP contribution >= 0.6 is 27.5 Å². The monoisotopic (exact) mass is 396 g/mol. The van der Waals surface area contributed by atoms with Crippen molar-refractivity contribution in [3.63, 3.8) is 0 Å². The van der Waals surface area contributed by atoms with Gasteiger partial charge < -0.3 is 4.74 Å². The van der Waals surface area contributed by atoms with Gasteiger partial charge in [0.2, 0.25) is 5.91 Å².